The lowest BCUT2D eigenvalue weighted by atomic mass is 9.85. The Balaban J connectivity index is 1.61. The topological polar surface area (TPSA) is 59.0 Å². The molecular weight excluding hydrogens is 357 g/mol. The molecule has 0 saturated carbocycles. The summed E-state index contributed by atoms with van der Waals surface area (Å²) in [7, 11) is 0. The van der Waals surface area contributed by atoms with Crippen molar-refractivity contribution in [3.05, 3.63) is 42.2 Å². The van der Waals surface area contributed by atoms with Gasteiger partial charge in [-0.1, -0.05) is 6.92 Å². The molecule has 2 heterocycles. The van der Waals surface area contributed by atoms with Crippen molar-refractivity contribution in [3.63, 3.8) is 0 Å². The molecule has 3 rings (SSSR count). The summed E-state index contributed by atoms with van der Waals surface area (Å²) in [5, 5.41) is 9.91. The highest BCUT2D eigenvalue weighted by molar-refractivity contribution is 5.90. The average molecular weight is 380 g/mol. The van der Waals surface area contributed by atoms with Crippen LogP contribution in [-0.2, 0) is 11.0 Å². The van der Waals surface area contributed by atoms with Crippen LogP contribution >= 0.6 is 0 Å². The Hall–Kier alpha value is -2.35. The van der Waals surface area contributed by atoms with Crippen LogP contribution in [0.25, 0.3) is 5.69 Å². The number of nitrogens with zero attached hydrogens (tertiary/aromatic N) is 2. The highest BCUT2D eigenvalue weighted by atomic mass is 19.4. The first kappa shape index (κ1) is 19.4. The van der Waals surface area contributed by atoms with Crippen LogP contribution in [0.2, 0.25) is 0 Å². The van der Waals surface area contributed by atoms with Crippen LogP contribution in [-0.4, -0.2) is 28.8 Å². The highest BCUT2D eigenvalue weighted by Gasteiger charge is 2.35. The summed E-state index contributed by atoms with van der Waals surface area (Å²) in [6, 6.07) is 7.11. The van der Waals surface area contributed by atoms with Gasteiger partial charge in [0.2, 0.25) is 5.91 Å². The van der Waals surface area contributed by atoms with Crippen LogP contribution in [0.3, 0.4) is 0 Å². The minimum Gasteiger partial charge on any atom is -0.326 e. The molecule has 2 N–H and O–H groups in total. The van der Waals surface area contributed by atoms with Crippen LogP contribution < -0.4 is 10.6 Å². The lowest BCUT2D eigenvalue weighted by molar-refractivity contribution is -0.142. The molecule has 1 fully saturated rings. The van der Waals surface area contributed by atoms with Gasteiger partial charge in [-0.15, -0.1) is 0 Å². The Morgan fingerprint density at radius 2 is 2.07 bits per heavy atom. The number of halogens is 3. The molecule has 2 aromatic rings. The minimum atomic E-state index is -4.48. The smallest absolute Gasteiger partial charge is 0.326 e. The zero-order chi connectivity index (χ0) is 19.4. The van der Waals surface area contributed by atoms with E-state index in [9.17, 15) is 18.0 Å². The van der Waals surface area contributed by atoms with E-state index in [1.807, 2.05) is 0 Å². The van der Waals surface area contributed by atoms with E-state index in [4.69, 9.17) is 0 Å². The molecule has 0 spiro atoms. The summed E-state index contributed by atoms with van der Waals surface area (Å²) < 4.78 is 39.8. The monoisotopic (exact) mass is 380 g/mol. The fraction of sp³-hybridized carbons (Fsp3) is 0.474. The van der Waals surface area contributed by atoms with E-state index >= 15 is 0 Å². The second kappa shape index (κ2) is 8.12. The van der Waals surface area contributed by atoms with Crippen LogP contribution in [0.1, 0.15) is 31.9 Å². The van der Waals surface area contributed by atoms with Gasteiger partial charge in [0, 0.05) is 12.1 Å². The van der Waals surface area contributed by atoms with E-state index in [0.717, 1.165) is 42.9 Å². The van der Waals surface area contributed by atoms with Crippen molar-refractivity contribution >= 4 is 11.6 Å². The van der Waals surface area contributed by atoms with Gasteiger partial charge < -0.3 is 10.6 Å². The van der Waals surface area contributed by atoms with Crippen molar-refractivity contribution in [2.24, 2.45) is 11.8 Å². The van der Waals surface area contributed by atoms with E-state index in [2.05, 4.69) is 22.7 Å². The largest absolute Gasteiger partial charge is 0.433 e. The third kappa shape index (κ3) is 4.88. The number of aromatic nitrogens is 2. The van der Waals surface area contributed by atoms with Crippen molar-refractivity contribution in [1.82, 2.24) is 15.1 Å². The van der Waals surface area contributed by atoms with Gasteiger partial charge in [-0.05, 0) is 68.1 Å². The van der Waals surface area contributed by atoms with E-state index in [0.29, 0.717) is 18.0 Å². The number of hydrogen-bond donors (Lipinski definition) is 2. The van der Waals surface area contributed by atoms with Crippen LogP contribution in [0.4, 0.5) is 18.9 Å². The fourth-order valence-corrected chi connectivity index (χ4v) is 3.45. The van der Waals surface area contributed by atoms with E-state index in [1.165, 1.54) is 12.1 Å². The molecule has 1 aliphatic rings. The third-order valence-corrected chi connectivity index (χ3v) is 4.98. The average Bonchev–Trinajstić information content (AvgIpc) is 3.13. The standard InChI is InChI=1S/C19H23F3N4O/c1-13(14-3-2-9-23-12-14)11-18(27)25-15-4-6-16(7-5-15)26-17(8-10-24-26)19(20,21)22/h4-8,10,13-14,23H,2-3,9,11-12H2,1H3,(H,25,27). The van der Waals surface area contributed by atoms with Crippen molar-refractivity contribution < 1.29 is 18.0 Å². The summed E-state index contributed by atoms with van der Waals surface area (Å²) in [5.41, 5.74) is -0.000363. The zero-order valence-corrected chi connectivity index (χ0v) is 15.1. The number of hydrogen-bond acceptors (Lipinski definition) is 3. The molecule has 146 valence electrons. The Morgan fingerprint density at radius 1 is 1.33 bits per heavy atom. The molecule has 2 unspecified atom stereocenters. The number of nitrogens with one attached hydrogen (secondary N) is 2. The number of rotatable bonds is 5. The SMILES string of the molecule is CC(CC(=O)Nc1ccc(-n2nccc2C(F)(F)F)cc1)C1CCCNC1. The number of alkyl halides is 3. The maximum Gasteiger partial charge on any atom is 0.433 e. The molecule has 1 saturated heterocycles. The first-order valence-electron chi connectivity index (χ1n) is 9.07. The van der Waals surface area contributed by atoms with Crippen LogP contribution in [0, 0.1) is 11.8 Å². The van der Waals surface area contributed by atoms with Gasteiger partial charge in [-0.3, -0.25) is 4.79 Å². The molecule has 0 aliphatic carbocycles. The van der Waals surface area contributed by atoms with Gasteiger partial charge in [0.1, 0.15) is 5.69 Å². The number of piperidine rings is 1. The molecule has 2 atom stereocenters. The van der Waals surface area contributed by atoms with Crippen molar-refractivity contribution in [1.29, 1.82) is 0 Å². The molecule has 27 heavy (non-hydrogen) atoms. The number of carbonyl (C=O) groups excluding carboxylic acids is 1. The number of carbonyl (C=O) groups is 1. The van der Waals surface area contributed by atoms with Gasteiger partial charge >= 0.3 is 6.18 Å². The predicted octanol–water partition coefficient (Wildman–Crippen LogP) is 3.86. The molecule has 0 bridgehead atoms. The van der Waals surface area contributed by atoms with Gasteiger partial charge in [0.05, 0.1) is 11.9 Å². The lowest BCUT2D eigenvalue weighted by Gasteiger charge is -2.28. The molecule has 0 radical (unpaired) electrons. The maximum absolute atomic E-state index is 13.0. The zero-order valence-electron chi connectivity index (χ0n) is 15.1. The Labute approximate surface area is 155 Å². The van der Waals surface area contributed by atoms with Gasteiger partial charge in [0.25, 0.3) is 0 Å². The molecule has 8 heteroatoms. The first-order valence-corrected chi connectivity index (χ1v) is 9.07. The number of amides is 1. The molecular formula is C19H23F3N4O. The summed E-state index contributed by atoms with van der Waals surface area (Å²) in [6.45, 7) is 4.05. The van der Waals surface area contributed by atoms with E-state index in [1.54, 1.807) is 12.1 Å². The second-order valence-corrected chi connectivity index (χ2v) is 7.01. The van der Waals surface area contributed by atoms with Crippen LogP contribution in [0.5, 0.6) is 0 Å². The summed E-state index contributed by atoms with van der Waals surface area (Å²) >= 11 is 0. The second-order valence-electron chi connectivity index (χ2n) is 7.01. The van der Waals surface area contributed by atoms with Gasteiger partial charge in [-0.2, -0.15) is 18.3 Å². The Bertz CT molecular complexity index is 764. The van der Waals surface area contributed by atoms with E-state index < -0.39 is 11.9 Å². The fourth-order valence-electron chi connectivity index (χ4n) is 3.45. The summed E-state index contributed by atoms with van der Waals surface area (Å²) in [5.74, 6) is 0.680. The van der Waals surface area contributed by atoms with Gasteiger partial charge in [-0.25, -0.2) is 4.68 Å². The molecule has 1 aliphatic heterocycles. The highest BCUT2D eigenvalue weighted by Crippen LogP contribution is 2.30. The van der Waals surface area contributed by atoms with Crippen molar-refractivity contribution in [2.45, 2.75) is 32.4 Å². The van der Waals surface area contributed by atoms with E-state index in [-0.39, 0.29) is 17.5 Å². The van der Waals surface area contributed by atoms with Gasteiger partial charge in [0.15, 0.2) is 0 Å². The quantitative estimate of drug-likeness (QED) is 0.828. The lowest BCUT2D eigenvalue weighted by Crippen LogP contribution is -2.34. The minimum absolute atomic E-state index is 0.0871. The Kier molecular flexibility index (Phi) is 5.84. The predicted molar refractivity (Wildman–Crippen MR) is 96.6 cm³/mol. The molecule has 5 nitrogen and oxygen atoms in total. The summed E-state index contributed by atoms with van der Waals surface area (Å²) in [6.07, 6.45) is -0.689. The Morgan fingerprint density at radius 3 is 2.70 bits per heavy atom. The first-order chi connectivity index (χ1) is 12.8. The summed E-state index contributed by atoms with van der Waals surface area (Å²) in [4.78, 5) is 12.3. The molecule has 1 amide bonds. The van der Waals surface area contributed by atoms with Crippen LogP contribution in [0.15, 0.2) is 36.5 Å². The normalized spacial score (nSPS) is 18.9. The van der Waals surface area contributed by atoms with Crippen molar-refractivity contribution in [3.8, 4) is 5.69 Å². The number of anilines is 1. The third-order valence-electron chi connectivity index (χ3n) is 4.98. The number of benzene rings is 1. The molecule has 1 aromatic heterocycles. The van der Waals surface area contributed by atoms with Crippen molar-refractivity contribution in [2.75, 3.05) is 18.4 Å². The molecule has 1 aromatic carbocycles. The maximum atomic E-state index is 13.0.